The van der Waals surface area contributed by atoms with Crippen LogP contribution in [0.5, 0.6) is 0 Å². The molecule has 1 atom stereocenters. The van der Waals surface area contributed by atoms with E-state index in [0.29, 0.717) is 12.1 Å². The molecule has 184 valence electrons. The average molecular weight is 500 g/mol. The van der Waals surface area contributed by atoms with Crippen molar-refractivity contribution in [2.75, 3.05) is 29.9 Å². The van der Waals surface area contributed by atoms with Crippen molar-refractivity contribution < 1.29 is 22.0 Å². The highest BCUT2D eigenvalue weighted by Gasteiger charge is 2.34. The molecule has 0 aromatic heterocycles. The van der Waals surface area contributed by atoms with Gasteiger partial charge in [0.2, 0.25) is 10.0 Å². The third kappa shape index (κ3) is 5.21. The molecular weight excluding hydrogens is 472 g/mol. The molecule has 1 unspecified atom stereocenters. The third-order valence-electron chi connectivity index (χ3n) is 6.16. The Labute approximate surface area is 204 Å². The van der Waals surface area contributed by atoms with Crippen molar-refractivity contribution in [2.45, 2.75) is 31.7 Å². The molecule has 4 rings (SSSR count). The van der Waals surface area contributed by atoms with Gasteiger partial charge in [0.1, 0.15) is 16.5 Å². The second-order valence-corrected chi connectivity index (χ2v) is 10.7. The van der Waals surface area contributed by atoms with Crippen LogP contribution in [0.1, 0.15) is 28.4 Å². The van der Waals surface area contributed by atoms with E-state index in [1.807, 2.05) is 38.1 Å². The van der Waals surface area contributed by atoms with E-state index in [1.54, 1.807) is 6.92 Å². The van der Waals surface area contributed by atoms with Gasteiger partial charge in [-0.05, 0) is 74.4 Å². The second kappa shape index (κ2) is 9.75. The van der Waals surface area contributed by atoms with Gasteiger partial charge in [-0.15, -0.1) is 0 Å². The van der Waals surface area contributed by atoms with E-state index in [-0.39, 0.29) is 30.4 Å². The lowest BCUT2D eigenvalue weighted by Gasteiger charge is -2.40. The van der Waals surface area contributed by atoms with E-state index in [0.717, 1.165) is 23.4 Å². The van der Waals surface area contributed by atoms with Crippen LogP contribution in [0.15, 0.2) is 65.6 Å². The van der Waals surface area contributed by atoms with Crippen molar-refractivity contribution in [2.24, 2.45) is 0 Å². The molecule has 1 aliphatic heterocycles. The Hall–Kier alpha value is -3.30. The van der Waals surface area contributed by atoms with Gasteiger partial charge in [0.25, 0.3) is 5.91 Å². The van der Waals surface area contributed by atoms with Gasteiger partial charge in [0, 0.05) is 42.6 Å². The monoisotopic (exact) mass is 499 g/mol. The number of benzene rings is 3. The first-order chi connectivity index (χ1) is 16.6. The standard InChI is InChI=1S/C26H27F2N3O3S/c1-17-5-4-6-22(13-17)31-12-11-30(16-19(31)3)35(33,34)25-14-20(8-10-23(25)27)26(32)29-21-9-7-18(2)24(28)15-21/h4-10,13-15,19H,11-12,16H2,1-3H3,(H,29,32). The van der Waals surface area contributed by atoms with Crippen molar-refractivity contribution in [3.8, 4) is 0 Å². The Balaban J connectivity index is 1.54. The lowest BCUT2D eigenvalue weighted by Crippen LogP contribution is -2.53. The van der Waals surface area contributed by atoms with Gasteiger partial charge in [-0.25, -0.2) is 17.2 Å². The van der Waals surface area contributed by atoms with Crippen molar-refractivity contribution in [3.05, 3.63) is 89.0 Å². The molecule has 0 saturated carbocycles. The quantitative estimate of drug-likeness (QED) is 0.551. The molecule has 0 bridgehead atoms. The van der Waals surface area contributed by atoms with Crippen LogP contribution in [0.25, 0.3) is 0 Å². The fourth-order valence-corrected chi connectivity index (χ4v) is 5.79. The van der Waals surface area contributed by atoms with E-state index in [1.165, 1.54) is 28.6 Å². The molecule has 1 saturated heterocycles. The Morgan fingerprint density at radius 3 is 2.43 bits per heavy atom. The molecule has 35 heavy (non-hydrogen) atoms. The van der Waals surface area contributed by atoms with Crippen molar-refractivity contribution in [3.63, 3.8) is 0 Å². The number of nitrogens with zero attached hydrogens (tertiary/aromatic N) is 2. The molecule has 3 aromatic carbocycles. The Bertz CT molecular complexity index is 1380. The largest absolute Gasteiger partial charge is 0.366 e. The van der Waals surface area contributed by atoms with E-state index in [2.05, 4.69) is 10.2 Å². The smallest absolute Gasteiger partial charge is 0.255 e. The fraction of sp³-hybridized carbons (Fsp3) is 0.269. The number of rotatable bonds is 5. The van der Waals surface area contributed by atoms with Crippen LogP contribution in [0.2, 0.25) is 0 Å². The summed E-state index contributed by atoms with van der Waals surface area (Å²) in [5, 5.41) is 2.52. The van der Waals surface area contributed by atoms with E-state index >= 15 is 0 Å². The van der Waals surface area contributed by atoms with Gasteiger partial charge in [-0.2, -0.15) is 4.31 Å². The highest BCUT2D eigenvalue weighted by atomic mass is 32.2. The van der Waals surface area contributed by atoms with E-state index in [9.17, 15) is 22.0 Å². The van der Waals surface area contributed by atoms with E-state index < -0.39 is 32.5 Å². The summed E-state index contributed by atoms with van der Waals surface area (Å²) in [6, 6.07) is 15.3. The number of carbonyl (C=O) groups is 1. The molecule has 3 aromatic rings. The lowest BCUT2D eigenvalue weighted by molar-refractivity contribution is 0.102. The molecule has 1 N–H and O–H groups in total. The number of hydrogen-bond acceptors (Lipinski definition) is 4. The Kier molecular flexibility index (Phi) is 6.91. The summed E-state index contributed by atoms with van der Waals surface area (Å²) in [6.45, 7) is 6.32. The zero-order valence-corrected chi connectivity index (χ0v) is 20.6. The number of amides is 1. The topological polar surface area (TPSA) is 69.7 Å². The maximum absolute atomic E-state index is 14.7. The molecule has 1 amide bonds. The van der Waals surface area contributed by atoms with Gasteiger partial charge >= 0.3 is 0 Å². The average Bonchev–Trinajstić information content (AvgIpc) is 2.81. The number of piperazine rings is 1. The first-order valence-electron chi connectivity index (χ1n) is 11.3. The maximum Gasteiger partial charge on any atom is 0.255 e. The third-order valence-corrected chi connectivity index (χ3v) is 8.04. The maximum atomic E-state index is 14.7. The lowest BCUT2D eigenvalue weighted by atomic mass is 10.1. The first-order valence-corrected chi connectivity index (χ1v) is 12.7. The molecule has 1 heterocycles. The van der Waals surface area contributed by atoms with Crippen molar-refractivity contribution >= 4 is 27.3 Å². The highest BCUT2D eigenvalue weighted by Crippen LogP contribution is 2.27. The molecule has 0 aliphatic carbocycles. The molecule has 9 heteroatoms. The molecular formula is C26H27F2N3O3S. The molecule has 1 aliphatic rings. The minimum atomic E-state index is -4.19. The second-order valence-electron chi connectivity index (χ2n) is 8.81. The summed E-state index contributed by atoms with van der Waals surface area (Å²) >= 11 is 0. The van der Waals surface area contributed by atoms with Gasteiger partial charge in [-0.3, -0.25) is 4.79 Å². The first kappa shape index (κ1) is 24.8. The Morgan fingerprint density at radius 2 is 1.74 bits per heavy atom. The fourth-order valence-electron chi connectivity index (χ4n) is 4.19. The number of sulfonamides is 1. The van der Waals surface area contributed by atoms with Crippen LogP contribution in [-0.2, 0) is 10.0 Å². The number of hydrogen-bond donors (Lipinski definition) is 1. The van der Waals surface area contributed by atoms with Crippen LogP contribution >= 0.6 is 0 Å². The number of nitrogens with one attached hydrogen (secondary N) is 1. The van der Waals surface area contributed by atoms with Crippen LogP contribution < -0.4 is 10.2 Å². The summed E-state index contributed by atoms with van der Waals surface area (Å²) < 4.78 is 56.5. The highest BCUT2D eigenvalue weighted by molar-refractivity contribution is 7.89. The van der Waals surface area contributed by atoms with Crippen LogP contribution in [0.4, 0.5) is 20.2 Å². The summed E-state index contributed by atoms with van der Waals surface area (Å²) in [5.74, 6) is -2.08. The summed E-state index contributed by atoms with van der Waals surface area (Å²) in [4.78, 5) is 14.3. The summed E-state index contributed by atoms with van der Waals surface area (Å²) in [5.41, 5.74) is 2.71. The Morgan fingerprint density at radius 1 is 0.971 bits per heavy atom. The number of carbonyl (C=O) groups excluding carboxylic acids is 1. The van der Waals surface area contributed by atoms with Gasteiger partial charge in [0.05, 0.1) is 0 Å². The predicted octanol–water partition coefficient (Wildman–Crippen LogP) is 4.73. The zero-order valence-electron chi connectivity index (χ0n) is 19.8. The minimum Gasteiger partial charge on any atom is -0.366 e. The molecule has 0 spiro atoms. The van der Waals surface area contributed by atoms with Crippen LogP contribution in [-0.4, -0.2) is 44.3 Å². The molecule has 6 nitrogen and oxygen atoms in total. The van der Waals surface area contributed by atoms with Crippen LogP contribution in [0.3, 0.4) is 0 Å². The number of halogens is 2. The predicted molar refractivity (Wildman–Crippen MR) is 132 cm³/mol. The summed E-state index contributed by atoms with van der Waals surface area (Å²) in [6.07, 6.45) is 0. The van der Waals surface area contributed by atoms with Gasteiger partial charge in [-0.1, -0.05) is 18.2 Å². The molecule has 0 radical (unpaired) electrons. The van der Waals surface area contributed by atoms with Crippen molar-refractivity contribution in [1.29, 1.82) is 0 Å². The molecule has 1 fully saturated rings. The zero-order chi connectivity index (χ0) is 25.3. The number of anilines is 2. The van der Waals surface area contributed by atoms with Crippen molar-refractivity contribution in [1.82, 2.24) is 4.31 Å². The normalized spacial score (nSPS) is 16.8. The van der Waals surface area contributed by atoms with Crippen LogP contribution in [0, 0.1) is 25.5 Å². The van der Waals surface area contributed by atoms with Gasteiger partial charge in [0.15, 0.2) is 0 Å². The minimum absolute atomic E-state index is 0.0441. The number of aryl methyl sites for hydroxylation is 2. The summed E-state index contributed by atoms with van der Waals surface area (Å²) in [7, 11) is -4.19. The van der Waals surface area contributed by atoms with E-state index in [4.69, 9.17) is 0 Å². The SMILES string of the molecule is Cc1cccc(N2CCN(S(=O)(=O)c3cc(C(=O)Nc4ccc(C)c(F)c4)ccc3F)CC2C)c1. The van der Waals surface area contributed by atoms with Gasteiger partial charge < -0.3 is 10.2 Å².